The zero-order valence-electron chi connectivity index (χ0n) is 42.6. The summed E-state index contributed by atoms with van der Waals surface area (Å²) in [6.45, 7) is -4.16. The van der Waals surface area contributed by atoms with Crippen molar-refractivity contribution >= 4 is 36.0 Å². The Morgan fingerprint density at radius 2 is 1.16 bits per heavy atom. The minimum atomic E-state index is -2.89. The minimum absolute atomic E-state index is 0.0128. The number of rotatable bonds is 21. The van der Waals surface area contributed by atoms with E-state index in [1.54, 1.807) is 6.07 Å². The van der Waals surface area contributed by atoms with Crippen LogP contribution in [0.25, 0.3) is 12.2 Å². The zero-order chi connectivity index (χ0) is 58.0. The van der Waals surface area contributed by atoms with Gasteiger partial charge in [-0.05, 0) is 59.7 Å². The third-order valence-electron chi connectivity index (χ3n) is 13.1. The van der Waals surface area contributed by atoms with Gasteiger partial charge in [-0.15, -0.1) is 0 Å². The molecular formula is C52H62O28. The maximum absolute atomic E-state index is 14.0. The van der Waals surface area contributed by atoms with Crippen LogP contribution in [0, 0.1) is 0 Å². The smallest absolute Gasteiger partial charge is 0.338 e. The molecule has 0 unspecified atom stereocenters. The van der Waals surface area contributed by atoms with Crippen LogP contribution in [0.1, 0.15) is 28.4 Å². The van der Waals surface area contributed by atoms with Gasteiger partial charge in [0.25, 0.3) is 0 Å². The van der Waals surface area contributed by atoms with E-state index in [0.717, 1.165) is 19.1 Å². The molecule has 4 aliphatic rings. The van der Waals surface area contributed by atoms with Gasteiger partial charge in [0.2, 0.25) is 5.79 Å². The largest absolute Gasteiger partial charge is 0.508 e. The summed E-state index contributed by atoms with van der Waals surface area (Å²) in [4.78, 5) is 53.3. The number of carbonyl (C=O) groups is 4. The predicted octanol–water partition coefficient (Wildman–Crippen LogP) is -3.36. The highest BCUT2D eigenvalue weighted by Crippen LogP contribution is 2.42. The van der Waals surface area contributed by atoms with Crippen molar-refractivity contribution in [1.82, 2.24) is 0 Å². The Morgan fingerprint density at radius 1 is 0.588 bits per heavy atom. The number of ether oxygens (including phenoxy) is 12. The molecule has 0 aromatic heterocycles. The first-order valence-electron chi connectivity index (χ1n) is 24.7. The second kappa shape index (κ2) is 27.5. The van der Waals surface area contributed by atoms with Crippen LogP contribution < -0.4 is 4.74 Å². The molecule has 7 rings (SSSR count). The van der Waals surface area contributed by atoms with Gasteiger partial charge in [-0.1, -0.05) is 36.4 Å². The molecule has 0 radical (unpaired) electrons. The summed E-state index contributed by atoms with van der Waals surface area (Å²) < 4.78 is 70.4. The van der Waals surface area contributed by atoms with E-state index in [2.05, 4.69) is 0 Å². The van der Waals surface area contributed by atoms with Gasteiger partial charge >= 0.3 is 23.9 Å². The molecule has 28 heteroatoms. The number of phenols is 2. The van der Waals surface area contributed by atoms with Gasteiger partial charge in [0.15, 0.2) is 42.6 Å². The molecule has 0 amide bonds. The molecule has 0 aliphatic carbocycles. The summed E-state index contributed by atoms with van der Waals surface area (Å²) in [5, 5.41) is 130. The molecule has 19 atom stereocenters. The molecule has 4 heterocycles. The van der Waals surface area contributed by atoms with Crippen LogP contribution in [0.4, 0.5) is 0 Å². The van der Waals surface area contributed by atoms with Crippen LogP contribution in [0.2, 0.25) is 0 Å². The predicted molar refractivity (Wildman–Crippen MR) is 262 cm³/mol. The van der Waals surface area contributed by atoms with E-state index in [1.165, 1.54) is 86.0 Å². The molecule has 12 N–H and O–H groups in total. The van der Waals surface area contributed by atoms with Crippen molar-refractivity contribution in [1.29, 1.82) is 0 Å². The number of aliphatic hydroxyl groups excluding tert-OH is 10. The van der Waals surface area contributed by atoms with Gasteiger partial charge < -0.3 is 118 Å². The van der Waals surface area contributed by atoms with Crippen molar-refractivity contribution in [3.63, 3.8) is 0 Å². The van der Waals surface area contributed by atoms with Crippen molar-refractivity contribution in [2.75, 3.05) is 40.1 Å². The van der Waals surface area contributed by atoms with E-state index in [1.807, 2.05) is 0 Å². The summed E-state index contributed by atoms with van der Waals surface area (Å²) >= 11 is 0. The lowest BCUT2D eigenvalue weighted by Gasteiger charge is -2.50. The lowest BCUT2D eigenvalue weighted by Crippen LogP contribution is -2.69. The minimum Gasteiger partial charge on any atom is -0.508 e. The first-order chi connectivity index (χ1) is 38.2. The number of benzene rings is 3. The van der Waals surface area contributed by atoms with Crippen LogP contribution in [0.3, 0.4) is 0 Å². The van der Waals surface area contributed by atoms with Gasteiger partial charge in [-0.25, -0.2) is 14.4 Å². The Balaban J connectivity index is 1.36. The van der Waals surface area contributed by atoms with Crippen LogP contribution >= 0.6 is 0 Å². The highest BCUT2D eigenvalue weighted by Gasteiger charge is 2.64. The van der Waals surface area contributed by atoms with Crippen molar-refractivity contribution < 1.29 is 137 Å². The first kappa shape index (κ1) is 61.4. The Kier molecular flexibility index (Phi) is 21.1. The Morgan fingerprint density at radius 3 is 1.79 bits per heavy atom. The van der Waals surface area contributed by atoms with Gasteiger partial charge in [0, 0.05) is 19.1 Å². The monoisotopic (exact) mass is 1130 g/mol. The standard InChI is InChI=1S/C52H62O28/c1-24(56)70-22-34-38(62)41(65)43(67)50(74-34)76-45-44(75-36(60)17-12-26-10-15-29(58)30(18-26)69-2)33(21-55)73-51(46(45)77-49-42(66)40(64)37(61)31(19-53)72-49)80-52(23-71-35(59)16-11-25-8-13-28(57)14-9-25)47(39(63)32(20-54)79-52)78-48(68)27-6-4-3-5-7-27/h3-18,31-34,37-47,49-51,53-55,57-58,61-67H,19-23H2,1-2H3/b16-11-,17-12-/t31-,32+,33-,34+,37-,38-,39-,40+,41+,42-,43-,44-,45+,46-,47+,49+,50+,51+,52-/m1/s1. The molecule has 0 spiro atoms. The summed E-state index contributed by atoms with van der Waals surface area (Å²) in [5.41, 5.74) is 0.570. The number of hydrogen-bond donors (Lipinski definition) is 12. The number of aromatic hydroxyl groups is 2. The second-order valence-corrected chi connectivity index (χ2v) is 18.6. The summed E-state index contributed by atoms with van der Waals surface area (Å²) in [6.07, 6.45) is -33.2. The van der Waals surface area contributed by atoms with Crippen LogP contribution in [-0.2, 0) is 66.5 Å². The lowest BCUT2D eigenvalue weighted by molar-refractivity contribution is -0.421. The maximum atomic E-state index is 14.0. The van der Waals surface area contributed by atoms with Crippen LogP contribution in [-0.4, -0.2) is 242 Å². The highest BCUT2D eigenvalue weighted by molar-refractivity contribution is 5.90. The molecule has 3 aromatic carbocycles. The lowest BCUT2D eigenvalue weighted by atomic mass is 9.95. The topological polar surface area (TPSA) is 422 Å². The average Bonchev–Trinajstić information content (AvgIpc) is 3.92. The second-order valence-electron chi connectivity index (χ2n) is 18.6. The fourth-order valence-electron chi connectivity index (χ4n) is 8.87. The first-order valence-corrected chi connectivity index (χ1v) is 24.7. The van der Waals surface area contributed by atoms with E-state index in [9.17, 15) is 80.5 Å². The maximum Gasteiger partial charge on any atom is 0.338 e. The third-order valence-corrected chi connectivity index (χ3v) is 13.1. The SMILES string of the molecule is COc1cc(/C=C\C(=O)O[C@H]2[C@H](O[C@@H]3O[C@@H](COC(C)=O)[C@@H](O)[C@H](O)[C@H]3O)[C@@H](O[C@@H]3O[C@H](CO)[C@@H](O)[C@H](O)[C@H]3O)[C@H](O[C@@]3(COC(=O)/C=C\c4ccc(O)cc4)O[C@@H](CO)[C@@H](O)[C@@H]3OC(=O)c3ccccc3)O[C@@H]2CO)ccc1O. The molecular weight excluding hydrogens is 1070 g/mol. The third kappa shape index (κ3) is 14.4. The molecule has 438 valence electrons. The van der Waals surface area contributed by atoms with E-state index >= 15 is 0 Å². The highest BCUT2D eigenvalue weighted by atomic mass is 16.8. The van der Waals surface area contributed by atoms with E-state index in [-0.39, 0.29) is 28.4 Å². The number of methoxy groups -OCH3 is 1. The Labute approximate surface area is 454 Å². The van der Waals surface area contributed by atoms with Crippen molar-refractivity contribution in [2.24, 2.45) is 0 Å². The van der Waals surface area contributed by atoms with Crippen LogP contribution in [0.5, 0.6) is 17.2 Å². The van der Waals surface area contributed by atoms with Gasteiger partial charge in [0.1, 0.15) is 98.3 Å². The number of phenolic OH excluding ortho intramolecular Hbond substituents is 2. The summed E-state index contributed by atoms with van der Waals surface area (Å²) in [5.74, 6) is -7.61. The number of esters is 4. The summed E-state index contributed by atoms with van der Waals surface area (Å²) in [6, 6.07) is 16.7. The molecule has 4 fully saturated rings. The Bertz CT molecular complexity index is 2600. The van der Waals surface area contributed by atoms with E-state index in [0.29, 0.717) is 5.56 Å². The van der Waals surface area contributed by atoms with Gasteiger partial charge in [-0.3, -0.25) is 4.79 Å². The van der Waals surface area contributed by atoms with Crippen LogP contribution in [0.15, 0.2) is 84.9 Å². The van der Waals surface area contributed by atoms with E-state index < -0.39 is 173 Å². The van der Waals surface area contributed by atoms with Gasteiger partial charge in [-0.2, -0.15) is 0 Å². The van der Waals surface area contributed by atoms with Crippen molar-refractivity contribution in [3.05, 3.63) is 102 Å². The fourth-order valence-corrected chi connectivity index (χ4v) is 8.87. The normalized spacial score (nSPS) is 34.5. The molecule has 0 saturated carbocycles. The number of carbonyl (C=O) groups excluding carboxylic acids is 4. The number of hydrogen-bond acceptors (Lipinski definition) is 28. The van der Waals surface area contributed by atoms with Crippen molar-refractivity contribution in [2.45, 2.75) is 123 Å². The van der Waals surface area contributed by atoms with Gasteiger partial charge in [0.05, 0.1) is 32.5 Å². The molecule has 28 nitrogen and oxygen atoms in total. The summed E-state index contributed by atoms with van der Waals surface area (Å²) in [7, 11) is 1.27. The molecule has 4 saturated heterocycles. The molecule has 3 aromatic rings. The quantitative estimate of drug-likeness (QED) is 0.0281. The zero-order valence-corrected chi connectivity index (χ0v) is 42.6. The number of aliphatic hydroxyl groups is 10. The molecule has 0 bridgehead atoms. The molecule has 4 aliphatic heterocycles. The van der Waals surface area contributed by atoms with E-state index in [4.69, 9.17) is 56.8 Å². The van der Waals surface area contributed by atoms with Crippen molar-refractivity contribution in [3.8, 4) is 17.2 Å². The average molecular weight is 1140 g/mol. The fraction of sp³-hybridized carbons (Fsp3) is 0.500. The molecule has 80 heavy (non-hydrogen) atoms. The Hall–Kier alpha value is -6.26.